The van der Waals surface area contributed by atoms with Gasteiger partial charge in [0.2, 0.25) is 5.95 Å². The van der Waals surface area contributed by atoms with Crippen LogP contribution < -0.4 is 15.0 Å². The van der Waals surface area contributed by atoms with Gasteiger partial charge in [0, 0.05) is 31.3 Å². The lowest BCUT2D eigenvalue weighted by Crippen LogP contribution is -2.46. The minimum Gasteiger partial charge on any atom is -0.493 e. The molecule has 1 fully saturated rings. The highest BCUT2D eigenvalue weighted by molar-refractivity contribution is 5.69. The van der Waals surface area contributed by atoms with Crippen LogP contribution in [0.3, 0.4) is 0 Å². The highest BCUT2D eigenvalue weighted by atomic mass is 16.5. The Bertz CT molecular complexity index is 1050. The van der Waals surface area contributed by atoms with Crippen LogP contribution in [0.4, 0.5) is 17.6 Å². The van der Waals surface area contributed by atoms with Gasteiger partial charge in [-0.1, -0.05) is 6.07 Å². The van der Waals surface area contributed by atoms with Crippen LogP contribution in [0.25, 0.3) is 11.1 Å². The van der Waals surface area contributed by atoms with E-state index in [0.717, 1.165) is 43.0 Å². The second-order valence-corrected chi connectivity index (χ2v) is 7.78. The van der Waals surface area contributed by atoms with Crippen molar-refractivity contribution in [1.29, 1.82) is 0 Å². The molecular weight excluding hydrogens is 380 g/mol. The zero-order valence-corrected chi connectivity index (χ0v) is 17.1. The van der Waals surface area contributed by atoms with Crippen molar-refractivity contribution in [3.63, 3.8) is 0 Å². The van der Waals surface area contributed by atoms with Crippen molar-refractivity contribution in [2.75, 3.05) is 29.9 Å². The molecule has 0 aliphatic carbocycles. The largest absolute Gasteiger partial charge is 0.493 e. The number of aromatic nitrogens is 4. The first-order chi connectivity index (χ1) is 14.6. The minimum absolute atomic E-state index is 0.147. The summed E-state index contributed by atoms with van der Waals surface area (Å²) in [6.45, 7) is 6.42. The first-order valence-electron chi connectivity index (χ1n) is 10.2. The first kappa shape index (κ1) is 18.7. The molecule has 0 amide bonds. The predicted octanol–water partition coefficient (Wildman–Crippen LogP) is 3.23. The maximum Gasteiger partial charge on any atom is 0.227 e. The van der Waals surface area contributed by atoms with Crippen molar-refractivity contribution in [2.45, 2.75) is 32.5 Å². The third kappa shape index (κ3) is 3.91. The molecule has 2 aromatic heterocycles. The fourth-order valence-electron chi connectivity index (χ4n) is 3.99. The number of fused-ring (bicyclic) bond motifs is 1. The average Bonchev–Trinajstić information content (AvgIpc) is 3.21. The number of hydrogen-bond acceptors (Lipinski definition) is 8. The van der Waals surface area contributed by atoms with Crippen LogP contribution in [0.5, 0.6) is 5.75 Å². The maximum absolute atomic E-state index is 5.81. The van der Waals surface area contributed by atoms with Gasteiger partial charge < -0.3 is 19.7 Å². The molecule has 0 unspecified atom stereocenters. The molecule has 3 aromatic rings. The van der Waals surface area contributed by atoms with Crippen molar-refractivity contribution in [3.8, 4) is 16.9 Å². The summed E-state index contributed by atoms with van der Waals surface area (Å²) in [7, 11) is 0. The van der Waals surface area contributed by atoms with Crippen LogP contribution in [-0.4, -0.2) is 52.1 Å². The zero-order chi connectivity index (χ0) is 20.5. The molecule has 8 nitrogen and oxygen atoms in total. The van der Waals surface area contributed by atoms with Crippen molar-refractivity contribution in [2.24, 2.45) is 0 Å². The Balaban J connectivity index is 1.36. The molecule has 1 saturated heterocycles. The number of nitrogens with one attached hydrogen (secondary N) is 1. The lowest BCUT2D eigenvalue weighted by atomic mass is 10.0. The first-order valence-corrected chi connectivity index (χ1v) is 10.2. The molecule has 5 rings (SSSR count). The van der Waals surface area contributed by atoms with Crippen molar-refractivity contribution >= 4 is 17.6 Å². The molecule has 1 N–H and O–H groups in total. The molecular formula is C22H24N6O2. The molecule has 0 radical (unpaired) electrons. The van der Waals surface area contributed by atoms with E-state index >= 15 is 0 Å². The highest BCUT2D eigenvalue weighted by Crippen LogP contribution is 2.31. The summed E-state index contributed by atoms with van der Waals surface area (Å²) in [4.78, 5) is 11.3. The molecule has 8 heteroatoms. The molecule has 2 aliphatic heterocycles. The van der Waals surface area contributed by atoms with Crippen LogP contribution in [0.1, 0.15) is 19.4 Å². The lowest BCUT2D eigenvalue weighted by molar-refractivity contribution is -0.00571. The van der Waals surface area contributed by atoms with Crippen molar-refractivity contribution in [1.82, 2.24) is 20.2 Å². The standard InChI is InChI=1S/C22H24N6O2/c1-14-12-28(13-15(2)30-14)22-23-7-5-20(26-22)25-21-10-18(11-24-27-21)16-3-4-19-17(9-16)6-8-29-19/h3-5,7,9-11,14-15H,6,8,12-13H2,1-2H3,(H,23,25,26,27)/t14-,15+. The number of morpholine rings is 1. The van der Waals surface area contributed by atoms with E-state index in [9.17, 15) is 0 Å². The smallest absolute Gasteiger partial charge is 0.227 e. The van der Waals surface area contributed by atoms with Crippen LogP contribution in [0.15, 0.2) is 42.7 Å². The minimum atomic E-state index is 0.147. The topological polar surface area (TPSA) is 85.3 Å². The summed E-state index contributed by atoms with van der Waals surface area (Å²) in [5, 5.41) is 11.6. The Morgan fingerprint density at radius 2 is 1.90 bits per heavy atom. The third-order valence-electron chi connectivity index (χ3n) is 5.28. The van der Waals surface area contributed by atoms with E-state index < -0.39 is 0 Å². The molecule has 0 bridgehead atoms. The fraction of sp³-hybridized carbons (Fsp3) is 0.364. The van der Waals surface area contributed by atoms with E-state index in [1.807, 2.05) is 18.2 Å². The number of nitrogens with zero attached hydrogens (tertiary/aromatic N) is 5. The zero-order valence-electron chi connectivity index (χ0n) is 17.1. The van der Waals surface area contributed by atoms with Gasteiger partial charge in [0.1, 0.15) is 11.6 Å². The quantitative estimate of drug-likeness (QED) is 0.709. The van der Waals surface area contributed by atoms with Crippen molar-refractivity contribution < 1.29 is 9.47 Å². The second-order valence-electron chi connectivity index (χ2n) is 7.78. The number of rotatable bonds is 4. The number of hydrogen-bond donors (Lipinski definition) is 1. The molecule has 30 heavy (non-hydrogen) atoms. The Labute approximate surface area is 175 Å². The molecule has 2 atom stereocenters. The second kappa shape index (κ2) is 7.87. The van der Waals surface area contributed by atoms with Crippen LogP contribution in [-0.2, 0) is 11.2 Å². The van der Waals surface area contributed by atoms with Gasteiger partial charge in [0.25, 0.3) is 0 Å². The summed E-state index contributed by atoms with van der Waals surface area (Å²) < 4.78 is 11.4. The van der Waals surface area contributed by atoms with Gasteiger partial charge in [-0.25, -0.2) is 4.98 Å². The Morgan fingerprint density at radius 1 is 1.03 bits per heavy atom. The molecule has 0 spiro atoms. The Kier molecular flexibility index (Phi) is 4.92. The van der Waals surface area contributed by atoms with Crippen LogP contribution >= 0.6 is 0 Å². The molecule has 4 heterocycles. The molecule has 0 saturated carbocycles. The SMILES string of the molecule is C[C@@H]1CN(c2nccc(Nc3cc(-c4ccc5c(c4)CCO5)cnn3)n2)C[C@H](C)O1. The van der Waals surface area contributed by atoms with Crippen LogP contribution in [0, 0.1) is 0 Å². The molecule has 2 aliphatic rings. The average molecular weight is 404 g/mol. The van der Waals surface area contributed by atoms with Gasteiger partial charge in [0.05, 0.1) is 25.0 Å². The molecule has 154 valence electrons. The normalized spacial score (nSPS) is 20.5. The number of ether oxygens (including phenoxy) is 2. The van der Waals surface area contributed by atoms with E-state index in [4.69, 9.17) is 9.47 Å². The lowest BCUT2D eigenvalue weighted by Gasteiger charge is -2.35. The Hall–Kier alpha value is -3.26. The summed E-state index contributed by atoms with van der Waals surface area (Å²) in [5.74, 6) is 2.97. The molecule has 1 aromatic carbocycles. The summed E-state index contributed by atoms with van der Waals surface area (Å²) >= 11 is 0. The monoisotopic (exact) mass is 404 g/mol. The predicted molar refractivity (Wildman–Crippen MR) is 114 cm³/mol. The summed E-state index contributed by atoms with van der Waals surface area (Å²) in [6.07, 6.45) is 4.76. The Morgan fingerprint density at radius 3 is 2.77 bits per heavy atom. The van der Waals surface area contributed by atoms with Gasteiger partial charge in [-0.15, -0.1) is 5.10 Å². The van der Waals surface area contributed by atoms with E-state index in [0.29, 0.717) is 17.6 Å². The maximum atomic E-state index is 5.81. The summed E-state index contributed by atoms with van der Waals surface area (Å²) in [5.41, 5.74) is 3.32. The highest BCUT2D eigenvalue weighted by Gasteiger charge is 2.24. The van der Waals surface area contributed by atoms with E-state index in [2.05, 4.69) is 56.4 Å². The third-order valence-corrected chi connectivity index (χ3v) is 5.28. The summed E-state index contributed by atoms with van der Waals surface area (Å²) in [6, 6.07) is 10.0. The van der Waals surface area contributed by atoms with E-state index in [-0.39, 0.29) is 12.2 Å². The van der Waals surface area contributed by atoms with Gasteiger partial charge >= 0.3 is 0 Å². The van der Waals surface area contributed by atoms with Crippen molar-refractivity contribution in [3.05, 3.63) is 48.3 Å². The van der Waals surface area contributed by atoms with Gasteiger partial charge in [-0.05, 0) is 49.2 Å². The van der Waals surface area contributed by atoms with E-state index in [1.54, 1.807) is 12.4 Å². The van der Waals surface area contributed by atoms with Gasteiger partial charge in [-0.3, -0.25) is 0 Å². The number of benzene rings is 1. The van der Waals surface area contributed by atoms with Gasteiger partial charge in [0.15, 0.2) is 5.82 Å². The van der Waals surface area contributed by atoms with Crippen LogP contribution in [0.2, 0.25) is 0 Å². The van der Waals surface area contributed by atoms with Gasteiger partial charge in [-0.2, -0.15) is 10.1 Å². The van der Waals surface area contributed by atoms with E-state index in [1.165, 1.54) is 5.56 Å². The fourth-order valence-corrected chi connectivity index (χ4v) is 3.99. The number of anilines is 3.